The van der Waals surface area contributed by atoms with Gasteiger partial charge >= 0.3 is 0 Å². The fraction of sp³-hybridized carbons (Fsp3) is 0.190. The first-order valence-electron chi connectivity index (χ1n) is 8.82. The first-order chi connectivity index (χ1) is 13.6. The lowest BCUT2D eigenvalue weighted by molar-refractivity contribution is 0.102. The number of rotatable bonds is 7. The molecule has 6 nitrogen and oxygen atoms in total. The predicted octanol–water partition coefficient (Wildman–Crippen LogP) is 4.35. The van der Waals surface area contributed by atoms with E-state index in [-0.39, 0.29) is 5.91 Å². The maximum Gasteiger partial charge on any atom is 0.258 e. The van der Waals surface area contributed by atoms with Crippen LogP contribution in [-0.4, -0.2) is 29.5 Å². The fourth-order valence-corrected chi connectivity index (χ4v) is 2.80. The zero-order chi connectivity index (χ0) is 19.9. The van der Waals surface area contributed by atoms with E-state index in [0.717, 1.165) is 23.3 Å². The first-order valence-corrected chi connectivity index (χ1v) is 9.20. The molecule has 0 saturated heterocycles. The molecule has 1 aromatic heterocycles. The van der Waals surface area contributed by atoms with Gasteiger partial charge in [0.25, 0.3) is 5.91 Å². The molecule has 2 aromatic carbocycles. The van der Waals surface area contributed by atoms with Crippen molar-refractivity contribution in [3.05, 3.63) is 76.6 Å². The minimum atomic E-state index is -0.284. The van der Waals surface area contributed by atoms with Crippen molar-refractivity contribution in [3.63, 3.8) is 0 Å². The zero-order valence-corrected chi connectivity index (χ0v) is 16.5. The molecule has 0 saturated carbocycles. The molecule has 144 valence electrons. The second kappa shape index (κ2) is 9.19. The Labute approximate surface area is 168 Å². The van der Waals surface area contributed by atoms with Crippen molar-refractivity contribution in [2.75, 3.05) is 24.3 Å². The van der Waals surface area contributed by atoms with Crippen molar-refractivity contribution in [2.45, 2.75) is 13.3 Å². The third kappa shape index (κ3) is 4.98. The number of aromatic nitrogens is 2. The summed E-state index contributed by atoms with van der Waals surface area (Å²) >= 11 is 6.08. The Morgan fingerprint density at radius 3 is 2.64 bits per heavy atom. The zero-order valence-electron chi connectivity index (χ0n) is 15.7. The molecular formula is C21H21ClN4O2. The molecule has 28 heavy (non-hydrogen) atoms. The summed E-state index contributed by atoms with van der Waals surface area (Å²) in [6.45, 7) is 2.52. The maximum atomic E-state index is 12.4. The van der Waals surface area contributed by atoms with E-state index in [1.807, 2.05) is 31.2 Å². The second-order valence-electron chi connectivity index (χ2n) is 6.19. The van der Waals surface area contributed by atoms with Crippen molar-refractivity contribution in [2.24, 2.45) is 0 Å². The van der Waals surface area contributed by atoms with Crippen molar-refractivity contribution < 1.29 is 9.53 Å². The van der Waals surface area contributed by atoms with Crippen LogP contribution in [0.2, 0.25) is 5.02 Å². The van der Waals surface area contributed by atoms with Gasteiger partial charge in [0.2, 0.25) is 5.95 Å². The Morgan fingerprint density at radius 2 is 1.89 bits per heavy atom. The SMILES string of the molecule is COc1cccc(CCNc2ncc(C(=O)Nc3cccc(Cl)c3C)cn2)c1. The van der Waals surface area contributed by atoms with Gasteiger partial charge in [-0.1, -0.05) is 29.8 Å². The second-order valence-corrected chi connectivity index (χ2v) is 6.60. The number of ether oxygens (including phenoxy) is 1. The smallest absolute Gasteiger partial charge is 0.258 e. The lowest BCUT2D eigenvalue weighted by Gasteiger charge is -2.10. The number of amides is 1. The average Bonchev–Trinajstić information content (AvgIpc) is 2.72. The topological polar surface area (TPSA) is 76.1 Å². The van der Waals surface area contributed by atoms with Crippen molar-refractivity contribution in [1.29, 1.82) is 0 Å². The van der Waals surface area contributed by atoms with Crippen LogP contribution < -0.4 is 15.4 Å². The highest BCUT2D eigenvalue weighted by atomic mass is 35.5. The lowest BCUT2D eigenvalue weighted by atomic mass is 10.1. The van der Waals surface area contributed by atoms with Crippen LogP contribution in [0.15, 0.2) is 54.9 Å². The quantitative estimate of drug-likeness (QED) is 0.620. The number of methoxy groups -OCH3 is 1. The highest BCUT2D eigenvalue weighted by molar-refractivity contribution is 6.31. The van der Waals surface area contributed by atoms with Gasteiger partial charge in [-0.25, -0.2) is 9.97 Å². The average molecular weight is 397 g/mol. The number of hydrogen-bond acceptors (Lipinski definition) is 5. The largest absolute Gasteiger partial charge is 0.497 e. The number of carbonyl (C=O) groups is 1. The molecule has 0 aliphatic carbocycles. The maximum absolute atomic E-state index is 12.4. The molecule has 3 rings (SSSR count). The van der Waals surface area contributed by atoms with Crippen LogP contribution in [0.1, 0.15) is 21.5 Å². The fourth-order valence-electron chi connectivity index (χ4n) is 2.62. The van der Waals surface area contributed by atoms with E-state index in [0.29, 0.717) is 28.8 Å². The first kappa shape index (κ1) is 19.6. The summed E-state index contributed by atoms with van der Waals surface area (Å²) in [6.07, 6.45) is 3.79. The predicted molar refractivity (Wildman–Crippen MR) is 111 cm³/mol. The molecule has 1 heterocycles. The summed E-state index contributed by atoms with van der Waals surface area (Å²) < 4.78 is 5.22. The Bertz CT molecular complexity index is 961. The highest BCUT2D eigenvalue weighted by Gasteiger charge is 2.10. The third-order valence-corrected chi connectivity index (χ3v) is 4.67. The van der Waals surface area contributed by atoms with Crippen LogP contribution in [0.3, 0.4) is 0 Å². The van der Waals surface area contributed by atoms with E-state index < -0.39 is 0 Å². The Kier molecular flexibility index (Phi) is 6.45. The summed E-state index contributed by atoms with van der Waals surface area (Å²) in [4.78, 5) is 20.8. The minimum Gasteiger partial charge on any atom is -0.497 e. The summed E-state index contributed by atoms with van der Waals surface area (Å²) in [5, 5.41) is 6.58. The van der Waals surface area contributed by atoms with Crippen LogP contribution in [0.4, 0.5) is 11.6 Å². The van der Waals surface area contributed by atoms with Gasteiger partial charge in [-0.3, -0.25) is 4.79 Å². The molecule has 0 radical (unpaired) electrons. The molecule has 0 unspecified atom stereocenters. The van der Waals surface area contributed by atoms with Crippen molar-refractivity contribution in [3.8, 4) is 5.75 Å². The van der Waals surface area contributed by atoms with E-state index in [1.54, 1.807) is 25.3 Å². The number of nitrogens with zero attached hydrogens (tertiary/aromatic N) is 2. The van der Waals surface area contributed by atoms with Gasteiger partial charge in [0.05, 0.1) is 12.7 Å². The van der Waals surface area contributed by atoms with Crippen LogP contribution in [0, 0.1) is 6.92 Å². The molecular weight excluding hydrogens is 376 g/mol. The van der Waals surface area contributed by atoms with E-state index in [4.69, 9.17) is 16.3 Å². The van der Waals surface area contributed by atoms with Crippen LogP contribution in [0.25, 0.3) is 0 Å². The number of hydrogen-bond donors (Lipinski definition) is 2. The molecule has 0 atom stereocenters. The molecule has 7 heteroatoms. The number of anilines is 2. The van der Waals surface area contributed by atoms with E-state index >= 15 is 0 Å². The van der Waals surface area contributed by atoms with Gasteiger partial charge in [-0.2, -0.15) is 0 Å². The highest BCUT2D eigenvalue weighted by Crippen LogP contribution is 2.23. The van der Waals surface area contributed by atoms with E-state index in [9.17, 15) is 4.79 Å². The van der Waals surface area contributed by atoms with E-state index in [1.165, 1.54) is 12.4 Å². The lowest BCUT2D eigenvalue weighted by Crippen LogP contribution is -2.14. The Morgan fingerprint density at radius 1 is 1.14 bits per heavy atom. The monoisotopic (exact) mass is 396 g/mol. The molecule has 1 amide bonds. The van der Waals surface area contributed by atoms with Crippen molar-refractivity contribution in [1.82, 2.24) is 9.97 Å². The Hall–Kier alpha value is -3.12. The van der Waals surface area contributed by atoms with Crippen LogP contribution in [-0.2, 0) is 6.42 Å². The van der Waals surface area contributed by atoms with Gasteiger partial charge in [0.15, 0.2) is 0 Å². The van der Waals surface area contributed by atoms with Gasteiger partial charge in [-0.15, -0.1) is 0 Å². The summed E-state index contributed by atoms with van der Waals surface area (Å²) in [5.74, 6) is 1.02. The van der Waals surface area contributed by atoms with Gasteiger partial charge in [0.1, 0.15) is 5.75 Å². The molecule has 0 aliphatic rings. The van der Waals surface area contributed by atoms with Crippen molar-refractivity contribution >= 4 is 29.1 Å². The van der Waals surface area contributed by atoms with Gasteiger partial charge in [-0.05, 0) is 48.7 Å². The molecule has 2 N–H and O–H groups in total. The van der Waals surface area contributed by atoms with E-state index in [2.05, 4.69) is 20.6 Å². The number of benzene rings is 2. The van der Waals surface area contributed by atoms with Gasteiger partial charge in [0, 0.05) is 29.6 Å². The third-order valence-electron chi connectivity index (χ3n) is 4.26. The normalized spacial score (nSPS) is 10.4. The molecule has 0 fully saturated rings. The van der Waals surface area contributed by atoms with Crippen LogP contribution in [0.5, 0.6) is 5.75 Å². The minimum absolute atomic E-state index is 0.284. The Balaban J connectivity index is 1.55. The summed E-state index contributed by atoms with van der Waals surface area (Å²) in [7, 11) is 1.65. The number of nitrogens with one attached hydrogen (secondary N) is 2. The number of halogens is 1. The summed E-state index contributed by atoms with van der Waals surface area (Å²) in [5.41, 5.74) is 3.00. The molecule has 0 aliphatic heterocycles. The summed E-state index contributed by atoms with van der Waals surface area (Å²) in [6, 6.07) is 13.3. The standard InChI is InChI=1S/C21H21ClN4O2/c1-14-18(22)7-4-8-19(14)26-20(27)16-12-24-21(25-13-16)23-10-9-15-5-3-6-17(11-15)28-2/h3-8,11-13H,9-10H2,1-2H3,(H,26,27)(H,23,24,25). The van der Waals surface area contributed by atoms with Crippen LogP contribution >= 0.6 is 11.6 Å². The molecule has 3 aromatic rings. The van der Waals surface area contributed by atoms with Gasteiger partial charge < -0.3 is 15.4 Å². The number of carbonyl (C=O) groups excluding carboxylic acids is 1. The molecule has 0 spiro atoms. The molecule has 0 bridgehead atoms.